The number of alkyl halides is 9. The first kappa shape index (κ1) is 32.7. The van der Waals surface area contributed by atoms with Crippen molar-refractivity contribution in [2.45, 2.75) is 29.2 Å². The van der Waals surface area contributed by atoms with Crippen molar-refractivity contribution in [2.24, 2.45) is 0 Å². The number of ether oxygens (including phenoxy) is 1. The van der Waals surface area contributed by atoms with Crippen LogP contribution in [-0.2, 0) is 10.9 Å². The van der Waals surface area contributed by atoms with Crippen LogP contribution in [0.3, 0.4) is 0 Å². The third-order valence-corrected chi connectivity index (χ3v) is 8.30. The number of nitrogens with one attached hydrogen (secondary N) is 1. The highest BCUT2D eigenvalue weighted by Crippen LogP contribution is 2.42. The van der Waals surface area contributed by atoms with Crippen molar-refractivity contribution in [1.29, 1.82) is 0 Å². The fourth-order valence-corrected chi connectivity index (χ4v) is 5.20. The van der Waals surface area contributed by atoms with Crippen molar-refractivity contribution < 1.29 is 49.0 Å². The van der Waals surface area contributed by atoms with Gasteiger partial charge in [0.15, 0.2) is 0 Å². The SMILES string of the molecule is O=C(NCC1(SCC(F)(F)F)COC1)c1ccc(C=CC(c2cc(Cl)c(Cl)c(Cl)c2)C(F)(F)F)cc1C(F)(F)F. The molecule has 1 unspecified atom stereocenters. The first-order valence-corrected chi connectivity index (χ1v) is 13.1. The average Bonchev–Trinajstić information content (AvgIpc) is 2.79. The molecule has 1 heterocycles. The molecule has 3 rings (SSSR count). The predicted molar refractivity (Wildman–Crippen MR) is 135 cm³/mol. The van der Waals surface area contributed by atoms with Gasteiger partial charge in [-0.05, 0) is 35.4 Å². The normalized spacial score (nSPS) is 16.6. The third-order valence-electron chi connectivity index (χ3n) is 5.64. The van der Waals surface area contributed by atoms with Crippen LogP contribution in [0.4, 0.5) is 39.5 Å². The van der Waals surface area contributed by atoms with Gasteiger partial charge in [0.25, 0.3) is 5.91 Å². The molecule has 1 N–H and O–H groups in total. The van der Waals surface area contributed by atoms with E-state index in [-0.39, 0.29) is 33.8 Å². The first-order chi connectivity index (χ1) is 18.3. The van der Waals surface area contributed by atoms with E-state index in [1.54, 1.807) is 0 Å². The number of rotatable bonds is 8. The lowest BCUT2D eigenvalue weighted by molar-refractivity contribution is -0.139. The molecule has 0 radical (unpaired) electrons. The molecule has 16 heteroatoms. The van der Waals surface area contributed by atoms with Gasteiger partial charge in [0.1, 0.15) is 0 Å². The minimum atomic E-state index is -5.08. The molecular formula is C24H17Cl3F9NO2S. The zero-order chi connectivity index (χ0) is 30.1. The van der Waals surface area contributed by atoms with Crippen molar-refractivity contribution in [2.75, 3.05) is 25.5 Å². The van der Waals surface area contributed by atoms with Crippen molar-refractivity contribution in [1.82, 2.24) is 5.32 Å². The van der Waals surface area contributed by atoms with Gasteiger partial charge in [-0.2, -0.15) is 39.5 Å². The summed E-state index contributed by atoms with van der Waals surface area (Å²) >= 11 is 17.9. The highest BCUT2D eigenvalue weighted by Gasteiger charge is 2.44. The van der Waals surface area contributed by atoms with E-state index in [9.17, 15) is 44.3 Å². The van der Waals surface area contributed by atoms with Crippen molar-refractivity contribution in [3.05, 3.63) is 73.7 Å². The Bertz CT molecular complexity index is 1250. The summed E-state index contributed by atoms with van der Waals surface area (Å²) in [6, 6.07) is 4.11. The summed E-state index contributed by atoms with van der Waals surface area (Å²) in [4.78, 5) is 12.6. The van der Waals surface area contributed by atoms with E-state index in [0.717, 1.165) is 30.3 Å². The van der Waals surface area contributed by atoms with Gasteiger partial charge in [0.2, 0.25) is 0 Å². The maximum Gasteiger partial charge on any atom is 0.417 e. The molecule has 1 amide bonds. The molecule has 0 spiro atoms. The standard InChI is InChI=1S/C24H17Cl3F9NO2S/c25-17-6-13(7-18(26)19(17)27)15(23(31,32)33)4-2-12-1-3-14(16(5-12)24(34,35)36)20(38)37-8-21(9-39-10-21)40-11-22(28,29)30/h1-7,15H,8-11H2,(H,37,38). The van der Waals surface area contributed by atoms with E-state index in [1.807, 2.05) is 0 Å². The first-order valence-electron chi connectivity index (χ1n) is 11.0. The lowest BCUT2D eigenvalue weighted by atomic mass is 9.96. The van der Waals surface area contributed by atoms with Crippen LogP contribution in [0.1, 0.15) is 33.0 Å². The number of allylic oxidation sites excluding steroid dienone is 1. The molecule has 2 aromatic carbocycles. The maximum atomic E-state index is 13.8. The molecule has 1 aliphatic rings. The lowest BCUT2D eigenvalue weighted by Gasteiger charge is -2.41. The molecule has 0 bridgehead atoms. The molecular weight excluding hydrogens is 644 g/mol. The topological polar surface area (TPSA) is 38.3 Å². The number of halogens is 12. The summed E-state index contributed by atoms with van der Waals surface area (Å²) in [5.74, 6) is -4.78. The summed E-state index contributed by atoms with van der Waals surface area (Å²) < 4.78 is 124. The minimum Gasteiger partial charge on any atom is -0.378 e. The predicted octanol–water partition coefficient (Wildman–Crippen LogP) is 8.82. The van der Waals surface area contributed by atoms with Crippen LogP contribution in [0.15, 0.2) is 36.4 Å². The monoisotopic (exact) mass is 659 g/mol. The summed E-state index contributed by atoms with van der Waals surface area (Å²) in [6.45, 7) is -0.687. The molecule has 40 heavy (non-hydrogen) atoms. The minimum absolute atomic E-state index is 0.145. The van der Waals surface area contributed by atoms with Crippen LogP contribution in [0.5, 0.6) is 0 Å². The Labute approximate surface area is 241 Å². The van der Waals surface area contributed by atoms with Gasteiger partial charge in [0, 0.05) is 6.54 Å². The van der Waals surface area contributed by atoms with Crippen LogP contribution < -0.4 is 5.32 Å². The number of thioether (sulfide) groups is 1. The van der Waals surface area contributed by atoms with E-state index in [4.69, 9.17) is 39.5 Å². The molecule has 1 fully saturated rings. The van der Waals surface area contributed by atoms with E-state index in [1.165, 1.54) is 0 Å². The van der Waals surface area contributed by atoms with Gasteiger partial charge in [0.05, 0.1) is 55.8 Å². The Morgan fingerprint density at radius 3 is 2.08 bits per heavy atom. The van der Waals surface area contributed by atoms with Gasteiger partial charge in [-0.3, -0.25) is 4.79 Å². The third kappa shape index (κ3) is 8.37. The fourth-order valence-electron chi connectivity index (χ4n) is 3.61. The summed E-state index contributed by atoms with van der Waals surface area (Å²) in [6.07, 6.45) is -13.1. The molecule has 1 aliphatic heterocycles. The lowest BCUT2D eigenvalue weighted by Crippen LogP contribution is -2.55. The number of carbonyl (C=O) groups excluding carboxylic acids is 1. The van der Waals surface area contributed by atoms with Crippen LogP contribution in [0.2, 0.25) is 15.1 Å². The zero-order valence-electron chi connectivity index (χ0n) is 19.7. The maximum absolute atomic E-state index is 13.8. The summed E-state index contributed by atoms with van der Waals surface area (Å²) in [5, 5.41) is 1.52. The number of benzene rings is 2. The molecule has 2 aromatic rings. The van der Waals surface area contributed by atoms with Gasteiger partial charge in [-0.15, -0.1) is 11.8 Å². The molecule has 0 aromatic heterocycles. The largest absolute Gasteiger partial charge is 0.417 e. The number of hydrogen-bond donors (Lipinski definition) is 1. The molecule has 1 saturated heterocycles. The van der Waals surface area contributed by atoms with E-state index in [0.29, 0.717) is 23.9 Å². The fraction of sp³-hybridized carbons (Fsp3) is 0.375. The van der Waals surface area contributed by atoms with Crippen molar-refractivity contribution in [3.8, 4) is 0 Å². The van der Waals surface area contributed by atoms with E-state index in [2.05, 4.69) is 5.32 Å². The van der Waals surface area contributed by atoms with Crippen LogP contribution in [0, 0.1) is 0 Å². The van der Waals surface area contributed by atoms with Crippen molar-refractivity contribution in [3.63, 3.8) is 0 Å². The summed E-state index contributed by atoms with van der Waals surface area (Å²) in [5.41, 5.74) is -3.03. The Balaban J connectivity index is 1.86. The molecule has 3 nitrogen and oxygen atoms in total. The average molecular weight is 661 g/mol. The Morgan fingerprint density at radius 2 is 1.60 bits per heavy atom. The second kappa shape index (κ2) is 12.2. The Hall–Kier alpha value is -1.80. The Kier molecular flexibility index (Phi) is 9.98. The quantitative estimate of drug-likeness (QED) is 0.227. The van der Waals surface area contributed by atoms with Gasteiger partial charge in [-0.1, -0.05) is 53.0 Å². The highest BCUT2D eigenvalue weighted by molar-refractivity contribution is 8.00. The van der Waals surface area contributed by atoms with Gasteiger partial charge in [-0.25, -0.2) is 0 Å². The van der Waals surface area contributed by atoms with Crippen LogP contribution >= 0.6 is 46.6 Å². The second-order valence-electron chi connectivity index (χ2n) is 8.74. The molecule has 1 atom stereocenters. The van der Waals surface area contributed by atoms with Gasteiger partial charge < -0.3 is 10.1 Å². The second-order valence-corrected chi connectivity index (χ2v) is 11.4. The molecule has 0 saturated carbocycles. The van der Waals surface area contributed by atoms with E-state index < -0.39 is 64.1 Å². The van der Waals surface area contributed by atoms with Crippen LogP contribution in [-0.4, -0.2) is 48.5 Å². The summed E-state index contributed by atoms with van der Waals surface area (Å²) in [7, 11) is 0. The highest BCUT2D eigenvalue weighted by atomic mass is 35.5. The van der Waals surface area contributed by atoms with E-state index >= 15 is 0 Å². The Morgan fingerprint density at radius 1 is 1.00 bits per heavy atom. The van der Waals surface area contributed by atoms with Gasteiger partial charge >= 0.3 is 18.5 Å². The number of amides is 1. The molecule has 0 aliphatic carbocycles. The van der Waals surface area contributed by atoms with Crippen molar-refractivity contribution >= 4 is 58.5 Å². The number of hydrogen-bond acceptors (Lipinski definition) is 3. The smallest absolute Gasteiger partial charge is 0.378 e. The number of carbonyl (C=O) groups is 1. The molecule has 220 valence electrons. The van der Waals surface area contributed by atoms with Crippen LogP contribution in [0.25, 0.3) is 6.08 Å². The zero-order valence-corrected chi connectivity index (χ0v) is 22.8.